The van der Waals surface area contributed by atoms with Crippen LogP contribution in [0, 0.1) is 0 Å². The molecule has 2 heteroatoms. The summed E-state index contributed by atoms with van der Waals surface area (Å²) in [6.45, 7) is 0. The van der Waals surface area contributed by atoms with Gasteiger partial charge in [-0.3, -0.25) is 10.1 Å². The van der Waals surface area contributed by atoms with E-state index in [9.17, 15) is 4.79 Å². The van der Waals surface area contributed by atoms with Crippen LogP contribution < -0.4 is 5.32 Å². The van der Waals surface area contributed by atoms with Gasteiger partial charge in [-0.15, -0.1) is 0 Å². The number of ketones is 1. The monoisotopic (exact) mass is 170 g/mol. The van der Waals surface area contributed by atoms with Crippen molar-refractivity contribution < 1.29 is 4.79 Å². The van der Waals surface area contributed by atoms with Gasteiger partial charge in [-0.25, -0.2) is 0 Å². The topological polar surface area (TPSA) is 31.2 Å². The predicted octanol–water partition coefficient (Wildman–Crippen LogP) is 1.73. The fraction of sp³-hybridized carbons (Fsp3) is 0. The largest absolute Gasteiger partial charge is 0.290 e. The first-order valence-corrected chi connectivity index (χ1v) is 4.05. The Morgan fingerprint density at radius 3 is 2.54 bits per heavy atom. The van der Waals surface area contributed by atoms with Crippen LogP contribution in [0.25, 0.3) is 5.70 Å². The summed E-state index contributed by atoms with van der Waals surface area (Å²) in [5, 5.41) is 4.11. The summed E-state index contributed by atoms with van der Waals surface area (Å²) in [7, 11) is 0. The van der Waals surface area contributed by atoms with Crippen LogP contribution in [-0.4, -0.2) is 5.78 Å². The number of carbonyl (C=O) groups excluding carboxylic acids is 1. The maximum Gasteiger partial charge on any atom is 0.182 e. The zero-order valence-corrected chi connectivity index (χ0v) is 6.97. The first-order valence-electron chi connectivity index (χ1n) is 4.05. The first-order chi connectivity index (χ1) is 6.36. The molecule has 0 spiro atoms. The molecule has 0 amide bonds. The van der Waals surface area contributed by atoms with Crippen molar-refractivity contribution in [2.24, 2.45) is 0 Å². The van der Waals surface area contributed by atoms with Gasteiger partial charge in [-0.2, -0.15) is 0 Å². The van der Waals surface area contributed by atoms with E-state index in [4.69, 9.17) is 0 Å². The minimum atomic E-state index is -0.00569. The van der Waals surface area contributed by atoms with E-state index in [1.807, 2.05) is 30.3 Å². The van der Waals surface area contributed by atoms with Gasteiger partial charge in [0.25, 0.3) is 0 Å². The van der Waals surface area contributed by atoms with Crippen molar-refractivity contribution in [1.82, 2.24) is 5.32 Å². The highest BCUT2D eigenvalue weighted by atomic mass is 16.1. The smallest absolute Gasteiger partial charge is 0.182 e. The van der Waals surface area contributed by atoms with Crippen molar-refractivity contribution in [3.8, 4) is 0 Å². The van der Waals surface area contributed by atoms with Crippen molar-refractivity contribution in [2.75, 3.05) is 0 Å². The summed E-state index contributed by atoms with van der Waals surface area (Å²) in [6, 6.07) is 9.65. The molecule has 1 aliphatic rings. The second-order valence-corrected chi connectivity index (χ2v) is 2.74. The standard InChI is InChI=1S/C11H8NO/c13-10-6-7-12-11(8-10)9-4-2-1-3-5-9/h1-8H. The lowest BCUT2D eigenvalue weighted by molar-refractivity contribution is -0.110. The highest BCUT2D eigenvalue weighted by molar-refractivity contribution is 6.05. The molecule has 1 aromatic carbocycles. The molecule has 0 atom stereocenters. The highest BCUT2D eigenvalue weighted by Gasteiger charge is 2.06. The third-order valence-corrected chi connectivity index (χ3v) is 1.80. The number of benzene rings is 1. The van der Waals surface area contributed by atoms with Gasteiger partial charge in [0.05, 0.1) is 5.70 Å². The Labute approximate surface area is 76.6 Å². The Balaban J connectivity index is 2.33. The summed E-state index contributed by atoms with van der Waals surface area (Å²) >= 11 is 0. The quantitative estimate of drug-likeness (QED) is 0.631. The molecule has 1 aromatic rings. The molecule has 0 fully saturated rings. The molecule has 2 nitrogen and oxygen atoms in total. The van der Waals surface area contributed by atoms with Gasteiger partial charge in [0.15, 0.2) is 5.78 Å². The molecule has 0 aliphatic carbocycles. The number of nitrogens with zero attached hydrogens (tertiary/aromatic N) is 1. The van der Waals surface area contributed by atoms with E-state index in [1.54, 1.807) is 0 Å². The van der Waals surface area contributed by atoms with Crippen LogP contribution in [0.1, 0.15) is 5.56 Å². The van der Waals surface area contributed by atoms with E-state index in [1.165, 1.54) is 18.4 Å². The molecule has 0 N–H and O–H groups in total. The van der Waals surface area contributed by atoms with E-state index in [0.717, 1.165) is 11.3 Å². The van der Waals surface area contributed by atoms with Crippen LogP contribution in [0.3, 0.4) is 0 Å². The molecule has 13 heavy (non-hydrogen) atoms. The van der Waals surface area contributed by atoms with E-state index in [-0.39, 0.29) is 5.78 Å². The summed E-state index contributed by atoms with van der Waals surface area (Å²) in [5.41, 5.74) is 1.70. The predicted molar refractivity (Wildman–Crippen MR) is 50.7 cm³/mol. The van der Waals surface area contributed by atoms with Gasteiger partial charge in [-0.1, -0.05) is 30.3 Å². The number of carbonyl (C=O) groups is 1. The van der Waals surface area contributed by atoms with Crippen LogP contribution in [0.15, 0.2) is 48.7 Å². The van der Waals surface area contributed by atoms with Crippen molar-refractivity contribution in [1.29, 1.82) is 0 Å². The van der Waals surface area contributed by atoms with Crippen molar-refractivity contribution in [3.05, 3.63) is 54.2 Å². The molecule has 1 aliphatic heterocycles. The molecule has 0 unspecified atom stereocenters. The minimum absolute atomic E-state index is 0.00569. The molecule has 0 saturated carbocycles. The second-order valence-electron chi connectivity index (χ2n) is 2.74. The molecular weight excluding hydrogens is 162 g/mol. The number of hydrogen-bond donors (Lipinski definition) is 0. The summed E-state index contributed by atoms with van der Waals surface area (Å²) < 4.78 is 0. The fourth-order valence-corrected chi connectivity index (χ4v) is 1.18. The fourth-order valence-electron chi connectivity index (χ4n) is 1.18. The average molecular weight is 170 g/mol. The van der Waals surface area contributed by atoms with Crippen LogP contribution in [-0.2, 0) is 4.79 Å². The SMILES string of the molecule is O=C1C=C[N]C(c2ccccc2)=C1. The van der Waals surface area contributed by atoms with E-state index in [2.05, 4.69) is 5.32 Å². The minimum Gasteiger partial charge on any atom is -0.290 e. The number of rotatable bonds is 1. The second kappa shape index (κ2) is 3.27. The van der Waals surface area contributed by atoms with Gasteiger partial charge in [0, 0.05) is 23.9 Å². The molecule has 63 valence electrons. The molecular formula is C11H8NO. The lowest BCUT2D eigenvalue weighted by Gasteiger charge is -2.06. The summed E-state index contributed by atoms with van der Waals surface area (Å²) in [5.74, 6) is -0.00569. The van der Waals surface area contributed by atoms with Gasteiger partial charge >= 0.3 is 0 Å². The zero-order chi connectivity index (χ0) is 9.10. The molecule has 2 rings (SSSR count). The maximum absolute atomic E-state index is 11.0. The van der Waals surface area contributed by atoms with Crippen molar-refractivity contribution in [2.45, 2.75) is 0 Å². The maximum atomic E-state index is 11.0. The third kappa shape index (κ3) is 1.67. The van der Waals surface area contributed by atoms with Crippen molar-refractivity contribution >= 4 is 11.5 Å². The van der Waals surface area contributed by atoms with Gasteiger partial charge < -0.3 is 0 Å². The molecule has 1 radical (unpaired) electrons. The number of hydrogen-bond acceptors (Lipinski definition) is 1. The normalized spacial score (nSPS) is 15.1. The van der Waals surface area contributed by atoms with Crippen LogP contribution in [0.5, 0.6) is 0 Å². The molecule has 0 bridgehead atoms. The van der Waals surface area contributed by atoms with E-state index in [0.29, 0.717) is 0 Å². The lowest BCUT2D eigenvalue weighted by atomic mass is 10.1. The van der Waals surface area contributed by atoms with E-state index < -0.39 is 0 Å². The number of allylic oxidation sites excluding steroid dienone is 2. The molecule has 0 saturated heterocycles. The lowest BCUT2D eigenvalue weighted by Crippen LogP contribution is -2.04. The Morgan fingerprint density at radius 1 is 1.08 bits per heavy atom. The third-order valence-electron chi connectivity index (χ3n) is 1.80. The molecule has 0 aromatic heterocycles. The van der Waals surface area contributed by atoms with Crippen LogP contribution in [0.4, 0.5) is 0 Å². The highest BCUT2D eigenvalue weighted by Crippen LogP contribution is 2.14. The molecule has 1 heterocycles. The van der Waals surface area contributed by atoms with Gasteiger partial charge in [0.2, 0.25) is 0 Å². The van der Waals surface area contributed by atoms with E-state index >= 15 is 0 Å². The Bertz CT molecular complexity index is 376. The van der Waals surface area contributed by atoms with Crippen molar-refractivity contribution in [3.63, 3.8) is 0 Å². The van der Waals surface area contributed by atoms with Crippen LogP contribution in [0.2, 0.25) is 0 Å². The van der Waals surface area contributed by atoms with Gasteiger partial charge in [0.1, 0.15) is 0 Å². The zero-order valence-electron chi connectivity index (χ0n) is 6.97. The summed E-state index contributed by atoms with van der Waals surface area (Å²) in [6.07, 6.45) is 4.52. The van der Waals surface area contributed by atoms with Crippen LogP contribution >= 0.6 is 0 Å². The Hall–Kier alpha value is -1.83. The first kappa shape index (κ1) is 7.80. The summed E-state index contributed by atoms with van der Waals surface area (Å²) in [4.78, 5) is 11.0. The Kier molecular flexibility index (Phi) is 1.96. The van der Waals surface area contributed by atoms with Gasteiger partial charge in [-0.05, 0) is 0 Å². The Morgan fingerprint density at radius 2 is 1.85 bits per heavy atom. The average Bonchev–Trinajstić information content (AvgIpc) is 2.19.